The van der Waals surface area contributed by atoms with Crippen molar-refractivity contribution in [3.05, 3.63) is 52.2 Å². The van der Waals surface area contributed by atoms with E-state index in [-0.39, 0.29) is 5.63 Å². The molecule has 0 aliphatic heterocycles. The van der Waals surface area contributed by atoms with E-state index in [1.807, 2.05) is 24.3 Å². The van der Waals surface area contributed by atoms with Crippen molar-refractivity contribution in [1.29, 1.82) is 0 Å². The van der Waals surface area contributed by atoms with E-state index in [0.29, 0.717) is 28.3 Å². The van der Waals surface area contributed by atoms with Crippen LogP contribution in [0.3, 0.4) is 0 Å². The largest absolute Gasteiger partial charge is 0.428 e. The monoisotopic (exact) mass is 280 g/mol. The fraction of sp³-hybridized carbons (Fsp3) is 0.133. The Labute approximate surface area is 119 Å². The molecule has 0 atom stereocenters. The molecule has 0 saturated heterocycles. The van der Waals surface area contributed by atoms with Crippen LogP contribution in [0.2, 0.25) is 0 Å². The van der Waals surface area contributed by atoms with Crippen LogP contribution in [0.1, 0.15) is 11.5 Å². The van der Waals surface area contributed by atoms with Crippen LogP contribution in [0.4, 0.5) is 0 Å². The Bertz CT molecular complexity index is 1010. The third-order valence-corrected chi connectivity index (χ3v) is 3.47. The molecule has 0 aliphatic rings. The number of aromatic nitrogens is 4. The van der Waals surface area contributed by atoms with Gasteiger partial charge in [0.25, 0.3) is 0 Å². The van der Waals surface area contributed by atoms with Gasteiger partial charge < -0.3 is 9.40 Å². The lowest BCUT2D eigenvalue weighted by molar-refractivity contribution is 0.488. The molecule has 0 bridgehead atoms. The number of imidazole rings is 1. The van der Waals surface area contributed by atoms with Crippen molar-refractivity contribution in [3.63, 3.8) is 0 Å². The molecule has 3 heterocycles. The zero-order valence-electron chi connectivity index (χ0n) is 11.5. The van der Waals surface area contributed by atoms with Crippen LogP contribution in [-0.4, -0.2) is 19.7 Å². The molecule has 1 aromatic carbocycles. The normalized spacial score (nSPS) is 11.5. The fourth-order valence-electron chi connectivity index (χ4n) is 2.55. The Morgan fingerprint density at radius 2 is 2.05 bits per heavy atom. The molecule has 3 aromatic heterocycles. The standard InChI is InChI=1S/C15H12N4O2/c1-8-7-12-13(14(20)21-8)9(2)18-19(12)15-16-10-5-3-4-6-11(10)17-15/h3-7H,1-2H3,(H,16,17). The summed E-state index contributed by atoms with van der Waals surface area (Å²) >= 11 is 0. The van der Waals surface area contributed by atoms with Crippen LogP contribution in [0.25, 0.3) is 27.9 Å². The molecule has 0 amide bonds. The highest BCUT2D eigenvalue weighted by molar-refractivity contribution is 5.83. The Morgan fingerprint density at radius 1 is 1.24 bits per heavy atom. The number of aromatic amines is 1. The van der Waals surface area contributed by atoms with E-state index >= 15 is 0 Å². The number of hydrogen-bond donors (Lipinski definition) is 1. The smallest absolute Gasteiger partial charge is 0.347 e. The molecule has 6 nitrogen and oxygen atoms in total. The first-order valence-corrected chi connectivity index (χ1v) is 6.59. The molecule has 0 saturated carbocycles. The van der Waals surface area contributed by atoms with Crippen molar-refractivity contribution in [1.82, 2.24) is 19.7 Å². The predicted octanol–water partition coefficient (Wildman–Crippen LogP) is 2.47. The fourth-order valence-corrected chi connectivity index (χ4v) is 2.55. The second kappa shape index (κ2) is 4.05. The summed E-state index contributed by atoms with van der Waals surface area (Å²) in [5.74, 6) is 1.13. The van der Waals surface area contributed by atoms with Crippen LogP contribution in [0.15, 0.2) is 39.5 Å². The molecule has 0 aliphatic carbocycles. The van der Waals surface area contributed by atoms with Gasteiger partial charge in [0.1, 0.15) is 11.1 Å². The number of rotatable bonds is 1. The number of aryl methyl sites for hydroxylation is 2. The average Bonchev–Trinajstić information content (AvgIpc) is 2.99. The van der Waals surface area contributed by atoms with Gasteiger partial charge in [-0.25, -0.2) is 9.78 Å². The number of fused-ring (bicyclic) bond motifs is 2. The van der Waals surface area contributed by atoms with Gasteiger partial charge in [0.05, 0.1) is 22.2 Å². The molecule has 4 rings (SSSR count). The van der Waals surface area contributed by atoms with Gasteiger partial charge in [0.2, 0.25) is 5.95 Å². The first-order valence-electron chi connectivity index (χ1n) is 6.59. The van der Waals surface area contributed by atoms with E-state index in [1.54, 1.807) is 24.6 Å². The molecule has 0 spiro atoms. The van der Waals surface area contributed by atoms with Crippen molar-refractivity contribution in [2.75, 3.05) is 0 Å². The number of para-hydroxylation sites is 2. The molecular weight excluding hydrogens is 268 g/mol. The highest BCUT2D eigenvalue weighted by atomic mass is 16.4. The summed E-state index contributed by atoms with van der Waals surface area (Å²) in [5, 5.41) is 4.91. The predicted molar refractivity (Wildman–Crippen MR) is 78.7 cm³/mol. The van der Waals surface area contributed by atoms with Gasteiger partial charge in [0.15, 0.2) is 0 Å². The summed E-state index contributed by atoms with van der Waals surface area (Å²) in [5.41, 5.74) is 2.73. The van der Waals surface area contributed by atoms with Crippen LogP contribution in [-0.2, 0) is 0 Å². The highest BCUT2D eigenvalue weighted by Gasteiger charge is 2.16. The molecule has 6 heteroatoms. The third-order valence-electron chi connectivity index (χ3n) is 3.47. The zero-order valence-corrected chi connectivity index (χ0v) is 11.5. The van der Waals surface area contributed by atoms with E-state index in [9.17, 15) is 4.79 Å². The molecule has 0 radical (unpaired) electrons. The van der Waals surface area contributed by atoms with Crippen LogP contribution < -0.4 is 5.63 Å². The third kappa shape index (κ3) is 1.69. The van der Waals surface area contributed by atoms with E-state index in [0.717, 1.165) is 11.0 Å². The summed E-state index contributed by atoms with van der Waals surface area (Å²) in [6.45, 7) is 3.53. The lowest BCUT2D eigenvalue weighted by Crippen LogP contribution is -2.02. The van der Waals surface area contributed by atoms with Gasteiger partial charge in [-0.1, -0.05) is 12.1 Å². The zero-order chi connectivity index (χ0) is 14.6. The minimum atomic E-state index is -0.370. The van der Waals surface area contributed by atoms with Crippen LogP contribution in [0.5, 0.6) is 0 Å². The number of benzene rings is 1. The number of hydrogen-bond acceptors (Lipinski definition) is 4. The summed E-state index contributed by atoms with van der Waals surface area (Å²) in [6.07, 6.45) is 0. The van der Waals surface area contributed by atoms with Crippen LogP contribution >= 0.6 is 0 Å². The maximum atomic E-state index is 12.0. The number of nitrogens with one attached hydrogen (secondary N) is 1. The van der Waals surface area contributed by atoms with Gasteiger partial charge >= 0.3 is 5.63 Å². The van der Waals surface area contributed by atoms with E-state index in [2.05, 4.69) is 15.1 Å². The Hall–Kier alpha value is -2.89. The minimum absolute atomic E-state index is 0.370. The molecule has 104 valence electrons. The van der Waals surface area contributed by atoms with Gasteiger partial charge in [-0.2, -0.15) is 9.78 Å². The first kappa shape index (κ1) is 11.9. The molecular formula is C15H12N4O2. The second-order valence-electron chi connectivity index (χ2n) is 4.98. The first-order chi connectivity index (χ1) is 10.1. The molecule has 4 aromatic rings. The van der Waals surface area contributed by atoms with E-state index in [4.69, 9.17) is 4.42 Å². The van der Waals surface area contributed by atoms with Gasteiger partial charge in [0, 0.05) is 6.07 Å². The Balaban J connectivity index is 2.08. The van der Waals surface area contributed by atoms with Crippen molar-refractivity contribution < 1.29 is 4.42 Å². The summed E-state index contributed by atoms with van der Waals surface area (Å²) in [7, 11) is 0. The molecule has 21 heavy (non-hydrogen) atoms. The average molecular weight is 280 g/mol. The quantitative estimate of drug-likeness (QED) is 0.581. The highest BCUT2D eigenvalue weighted by Crippen LogP contribution is 2.20. The Kier molecular flexibility index (Phi) is 2.29. The SMILES string of the molecule is Cc1cc2c(c(C)nn2-c2nc3ccccc3[nH]2)c(=O)o1. The van der Waals surface area contributed by atoms with E-state index < -0.39 is 0 Å². The number of nitrogens with zero attached hydrogens (tertiary/aromatic N) is 3. The summed E-state index contributed by atoms with van der Waals surface area (Å²) < 4.78 is 6.79. The summed E-state index contributed by atoms with van der Waals surface area (Å²) in [4.78, 5) is 19.7. The lowest BCUT2D eigenvalue weighted by Gasteiger charge is -1.98. The lowest BCUT2D eigenvalue weighted by atomic mass is 10.2. The Morgan fingerprint density at radius 3 is 2.86 bits per heavy atom. The van der Waals surface area contributed by atoms with Crippen molar-refractivity contribution in [2.24, 2.45) is 0 Å². The van der Waals surface area contributed by atoms with Gasteiger partial charge in [-0.3, -0.25) is 0 Å². The van der Waals surface area contributed by atoms with Gasteiger partial charge in [-0.15, -0.1) is 0 Å². The van der Waals surface area contributed by atoms with Crippen molar-refractivity contribution in [3.8, 4) is 5.95 Å². The van der Waals surface area contributed by atoms with Crippen molar-refractivity contribution in [2.45, 2.75) is 13.8 Å². The molecule has 0 fully saturated rings. The summed E-state index contributed by atoms with van der Waals surface area (Å²) in [6, 6.07) is 9.54. The van der Waals surface area contributed by atoms with Crippen molar-refractivity contribution >= 4 is 21.9 Å². The van der Waals surface area contributed by atoms with Gasteiger partial charge in [-0.05, 0) is 26.0 Å². The van der Waals surface area contributed by atoms with E-state index in [1.165, 1.54) is 0 Å². The second-order valence-corrected chi connectivity index (χ2v) is 4.98. The topological polar surface area (TPSA) is 76.7 Å². The van der Waals surface area contributed by atoms with Crippen LogP contribution in [0, 0.1) is 13.8 Å². The number of H-pyrrole nitrogens is 1. The maximum absolute atomic E-state index is 12.0. The molecule has 0 unspecified atom stereocenters. The maximum Gasteiger partial charge on any atom is 0.347 e. The minimum Gasteiger partial charge on any atom is -0.428 e. The molecule has 1 N–H and O–H groups in total.